The van der Waals surface area contributed by atoms with Crippen LogP contribution in [0.5, 0.6) is 0 Å². The fourth-order valence-corrected chi connectivity index (χ4v) is 5.37. The van der Waals surface area contributed by atoms with Crippen molar-refractivity contribution in [2.45, 2.75) is 25.9 Å². The molecule has 0 radical (unpaired) electrons. The Balaban J connectivity index is 1.27. The first-order valence-corrected chi connectivity index (χ1v) is 13.5. The van der Waals surface area contributed by atoms with Gasteiger partial charge in [-0.2, -0.15) is 18.3 Å². The van der Waals surface area contributed by atoms with Crippen LogP contribution in [-0.2, 0) is 11.0 Å². The van der Waals surface area contributed by atoms with E-state index in [0.29, 0.717) is 27.4 Å². The Morgan fingerprint density at radius 2 is 1.85 bits per heavy atom. The molecule has 4 heterocycles. The SMILES string of the molecule is CC(C)c1ccccc1N1C(=O)CS/C1=N\N=C\c1ccc2c(ccc3c2ncn3-c2ccc(C(F)(F)F)nn2)n1. The third-order valence-electron chi connectivity index (χ3n) is 6.49. The number of anilines is 1. The van der Waals surface area contributed by atoms with Crippen molar-refractivity contribution in [2.24, 2.45) is 10.2 Å². The van der Waals surface area contributed by atoms with E-state index in [9.17, 15) is 18.0 Å². The summed E-state index contributed by atoms with van der Waals surface area (Å²) in [6.45, 7) is 4.15. The topological polar surface area (TPSA) is 102 Å². The number of amidine groups is 1. The average Bonchev–Trinajstić information content (AvgIpc) is 3.56. The molecule has 1 amide bonds. The molecular weight excluding hydrogens is 553 g/mol. The highest BCUT2D eigenvalue weighted by Crippen LogP contribution is 2.33. The van der Waals surface area contributed by atoms with Crippen molar-refractivity contribution in [2.75, 3.05) is 10.7 Å². The number of aromatic nitrogens is 5. The maximum atomic E-state index is 12.9. The van der Waals surface area contributed by atoms with Gasteiger partial charge in [0.25, 0.3) is 0 Å². The number of pyridine rings is 1. The van der Waals surface area contributed by atoms with Crippen LogP contribution in [0.1, 0.15) is 36.7 Å². The summed E-state index contributed by atoms with van der Waals surface area (Å²) in [5.74, 6) is 0.683. The largest absolute Gasteiger partial charge is 0.435 e. The van der Waals surface area contributed by atoms with E-state index in [2.05, 4.69) is 44.2 Å². The molecule has 0 saturated carbocycles. The number of halogens is 3. The fraction of sp³-hybridized carbons (Fsp3) is 0.179. The molecule has 13 heteroatoms. The molecule has 5 aromatic rings. The fourth-order valence-electron chi connectivity index (χ4n) is 4.55. The Kier molecular flexibility index (Phi) is 6.73. The number of fused-ring (bicyclic) bond motifs is 3. The quantitative estimate of drug-likeness (QED) is 0.189. The second kappa shape index (κ2) is 10.4. The van der Waals surface area contributed by atoms with Crippen LogP contribution in [0.3, 0.4) is 0 Å². The molecule has 3 aromatic heterocycles. The number of hydrogen-bond acceptors (Lipinski definition) is 8. The predicted molar refractivity (Wildman–Crippen MR) is 152 cm³/mol. The monoisotopic (exact) mass is 574 g/mol. The summed E-state index contributed by atoms with van der Waals surface area (Å²) in [6, 6.07) is 17.1. The van der Waals surface area contributed by atoms with Crippen LogP contribution < -0.4 is 4.90 Å². The van der Waals surface area contributed by atoms with Crippen LogP contribution in [0.4, 0.5) is 18.9 Å². The minimum atomic E-state index is -4.57. The number of carbonyl (C=O) groups excluding carboxylic acids is 1. The van der Waals surface area contributed by atoms with Gasteiger partial charge < -0.3 is 0 Å². The number of carbonyl (C=O) groups is 1. The van der Waals surface area contributed by atoms with Crippen molar-refractivity contribution in [1.82, 2.24) is 24.7 Å². The minimum absolute atomic E-state index is 0.0494. The second-order valence-electron chi connectivity index (χ2n) is 9.48. The number of alkyl halides is 3. The molecule has 1 saturated heterocycles. The zero-order chi connectivity index (χ0) is 28.7. The lowest BCUT2D eigenvalue weighted by Gasteiger charge is -2.20. The lowest BCUT2D eigenvalue weighted by Crippen LogP contribution is -2.30. The number of hydrogen-bond donors (Lipinski definition) is 0. The summed E-state index contributed by atoms with van der Waals surface area (Å²) in [4.78, 5) is 23.4. The number of benzene rings is 2. The van der Waals surface area contributed by atoms with Crippen LogP contribution >= 0.6 is 11.8 Å². The van der Waals surface area contributed by atoms with Crippen molar-refractivity contribution in [1.29, 1.82) is 0 Å². The molecule has 1 aliphatic heterocycles. The van der Waals surface area contributed by atoms with Crippen molar-refractivity contribution in [3.8, 4) is 5.82 Å². The molecule has 1 fully saturated rings. The standard InChI is InChI=1S/C28H21F3N8OS/c1-16(2)18-5-3-4-6-21(18)39-25(40)14-41-27(39)37-33-13-17-7-8-19-20(34-17)9-10-22-26(19)32-15-38(22)24-12-11-23(35-36-24)28(29,30)31/h3-13,15-16H,14H2,1-2H3/b33-13+,37-27-. The zero-order valence-electron chi connectivity index (χ0n) is 21.7. The van der Waals surface area contributed by atoms with Crippen LogP contribution in [0.15, 0.2) is 77.2 Å². The molecule has 9 nitrogen and oxygen atoms in total. The Morgan fingerprint density at radius 3 is 2.61 bits per heavy atom. The van der Waals surface area contributed by atoms with Crippen LogP contribution in [0.2, 0.25) is 0 Å². The van der Waals surface area contributed by atoms with E-state index >= 15 is 0 Å². The lowest BCUT2D eigenvalue weighted by molar-refractivity contribution is -0.141. The summed E-state index contributed by atoms with van der Waals surface area (Å²) in [7, 11) is 0. The highest BCUT2D eigenvalue weighted by Gasteiger charge is 2.33. The first-order valence-electron chi connectivity index (χ1n) is 12.5. The van der Waals surface area contributed by atoms with E-state index in [-0.39, 0.29) is 23.4 Å². The van der Waals surface area contributed by atoms with Crippen molar-refractivity contribution in [3.05, 3.63) is 83.9 Å². The Bertz CT molecular complexity index is 1850. The third-order valence-corrected chi connectivity index (χ3v) is 7.40. The highest BCUT2D eigenvalue weighted by atomic mass is 32.2. The Labute approximate surface area is 235 Å². The molecule has 0 unspecified atom stereocenters. The summed E-state index contributed by atoms with van der Waals surface area (Å²) in [5.41, 5.74) is 3.25. The minimum Gasteiger partial charge on any atom is -0.281 e. The maximum Gasteiger partial charge on any atom is 0.435 e. The van der Waals surface area contributed by atoms with E-state index < -0.39 is 11.9 Å². The molecular formula is C28H21F3N8OS. The van der Waals surface area contributed by atoms with E-state index in [1.54, 1.807) is 27.7 Å². The molecule has 41 heavy (non-hydrogen) atoms. The summed E-state index contributed by atoms with van der Waals surface area (Å²) in [5, 5.41) is 16.8. The number of nitrogens with zero attached hydrogens (tertiary/aromatic N) is 8. The average molecular weight is 575 g/mol. The smallest absolute Gasteiger partial charge is 0.281 e. The predicted octanol–water partition coefficient (Wildman–Crippen LogP) is 5.98. The van der Waals surface area contributed by atoms with E-state index in [4.69, 9.17) is 0 Å². The van der Waals surface area contributed by atoms with Gasteiger partial charge in [-0.15, -0.1) is 15.3 Å². The molecule has 0 N–H and O–H groups in total. The summed E-state index contributed by atoms with van der Waals surface area (Å²) < 4.78 is 40.1. The normalized spacial score (nSPS) is 15.4. The molecule has 1 aliphatic rings. The van der Waals surface area contributed by atoms with Gasteiger partial charge in [0, 0.05) is 5.39 Å². The van der Waals surface area contributed by atoms with Crippen LogP contribution in [0.25, 0.3) is 27.8 Å². The Hall–Kier alpha value is -4.65. The third kappa shape index (κ3) is 5.04. The molecule has 0 aliphatic carbocycles. The van der Waals surface area contributed by atoms with Crippen molar-refractivity contribution in [3.63, 3.8) is 0 Å². The molecule has 6 rings (SSSR count). The second-order valence-corrected chi connectivity index (χ2v) is 10.4. The van der Waals surface area contributed by atoms with Gasteiger partial charge in [-0.3, -0.25) is 14.3 Å². The molecule has 206 valence electrons. The van der Waals surface area contributed by atoms with Crippen molar-refractivity contribution < 1.29 is 18.0 Å². The summed E-state index contributed by atoms with van der Waals surface area (Å²) >= 11 is 1.33. The van der Waals surface area contributed by atoms with Crippen LogP contribution in [-0.4, -0.2) is 47.8 Å². The lowest BCUT2D eigenvalue weighted by atomic mass is 10.0. The van der Waals surface area contributed by atoms with E-state index in [0.717, 1.165) is 22.7 Å². The molecule has 0 spiro atoms. The first kappa shape index (κ1) is 26.6. The van der Waals surface area contributed by atoms with Gasteiger partial charge in [0.1, 0.15) is 6.33 Å². The van der Waals surface area contributed by atoms with Gasteiger partial charge in [0.05, 0.1) is 39.9 Å². The van der Waals surface area contributed by atoms with Gasteiger partial charge in [-0.05, 0) is 53.9 Å². The number of thioether (sulfide) groups is 1. The Morgan fingerprint density at radius 1 is 1.02 bits per heavy atom. The van der Waals surface area contributed by atoms with Gasteiger partial charge in [-0.25, -0.2) is 9.97 Å². The maximum absolute atomic E-state index is 12.9. The first-order chi connectivity index (χ1) is 19.7. The van der Waals surface area contributed by atoms with Crippen LogP contribution in [0, 0.1) is 0 Å². The van der Waals surface area contributed by atoms with Gasteiger partial charge in [0.2, 0.25) is 5.91 Å². The van der Waals surface area contributed by atoms with Gasteiger partial charge >= 0.3 is 6.18 Å². The number of rotatable bonds is 5. The highest BCUT2D eigenvalue weighted by molar-refractivity contribution is 8.15. The number of imidazole rings is 1. The van der Waals surface area contributed by atoms with Crippen molar-refractivity contribution >= 4 is 56.7 Å². The van der Waals surface area contributed by atoms with Gasteiger partial charge in [0.15, 0.2) is 16.7 Å². The van der Waals surface area contributed by atoms with Gasteiger partial charge in [-0.1, -0.05) is 43.8 Å². The number of amides is 1. The molecule has 0 bridgehead atoms. The number of para-hydroxylation sites is 1. The summed E-state index contributed by atoms with van der Waals surface area (Å²) in [6.07, 6.45) is -1.57. The molecule has 0 atom stereocenters. The van der Waals surface area contributed by atoms with E-state index in [1.807, 2.05) is 30.3 Å². The molecule has 2 aromatic carbocycles. The van der Waals surface area contributed by atoms with E-state index in [1.165, 1.54) is 30.4 Å². The zero-order valence-corrected chi connectivity index (χ0v) is 22.6.